The molecule has 1 saturated carbocycles. The van der Waals surface area contributed by atoms with Crippen LogP contribution in [0.2, 0.25) is 0 Å². The molecular weight excluding hydrogens is 272 g/mol. The molecule has 118 valence electrons. The molecule has 1 aromatic rings. The minimum absolute atomic E-state index is 0.155. The van der Waals surface area contributed by atoms with Crippen molar-refractivity contribution in [3.05, 3.63) is 35.4 Å². The third-order valence-electron chi connectivity index (χ3n) is 4.93. The molecule has 1 aliphatic carbocycles. The van der Waals surface area contributed by atoms with Crippen molar-refractivity contribution in [2.45, 2.75) is 56.6 Å². The zero-order chi connectivity index (χ0) is 15.5. The molecule has 1 fully saturated rings. The average molecular weight is 297 g/mol. The maximum absolute atomic E-state index is 13.8. The zero-order valence-corrected chi connectivity index (χ0v) is 12.9. The topological polar surface area (TPSA) is 23.5 Å². The molecule has 0 radical (unpaired) electrons. The Labute approximate surface area is 125 Å². The van der Waals surface area contributed by atoms with Gasteiger partial charge in [0.05, 0.1) is 6.10 Å². The maximum atomic E-state index is 13.8. The molecule has 0 spiro atoms. The molecule has 1 aliphatic rings. The fourth-order valence-electron chi connectivity index (χ4n) is 3.52. The Morgan fingerprint density at radius 3 is 2.33 bits per heavy atom. The van der Waals surface area contributed by atoms with Gasteiger partial charge in [-0.2, -0.15) is 0 Å². The first-order valence-corrected chi connectivity index (χ1v) is 7.76. The number of hydrogen-bond donors (Lipinski definition) is 1. The lowest BCUT2D eigenvalue weighted by Crippen LogP contribution is -2.54. The highest BCUT2D eigenvalue weighted by Crippen LogP contribution is 2.35. The Hall–Kier alpha value is -1.00. The molecule has 2 nitrogen and oxygen atoms in total. The average Bonchev–Trinajstić information content (AvgIpc) is 2.70. The fraction of sp³-hybridized carbons (Fsp3) is 0.647. The predicted octanol–water partition coefficient (Wildman–Crippen LogP) is 3.52. The summed E-state index contributed by atoms with van der Waals surface area (Å²) in [7, 11) is 3.94. The summed E-state index contributed by atoms with van der Waals surface area (Å²) in [5.41, 5.74) is -0.0807. The molecule has 2 rings (SSSR count). The van der Waals surface area contributed by atoms with Gasteiger partial charge in [0.25, 0.3) is 0 Å². The van der Waals surface area contributed by atoms with Gasteiger partial charge in [0, 0.05) is 12.0 Å². The van der Waals surface area contributed by atoms with Crippen molar-refractivity contribution in [2.24, 2.45) is 0 Å². The minimum atomic E-state index is -0.848. The normalized spacial score (nSPS) is 20.3. The number of rotatable bonds is 4. The summed E-state index contributed by atoms with van der Waals surface area (Å²) in [4.78, 5) is 2.07. The summed E-state index contributed by atoms with van der Waals surface area (Å²) in [5.74, 6) is -1.68. The third kappa shape index (κ3) is 3.43. The van der Waals surface area contributed by atoms with E-state index in [1.807, 2.05) is 14.1 Å². The number of nitrogens with zero attached hydrogens (tertiary/aromatic N) is 1. The van der Waals surface area contributed by atoms with Crippen molar-refractivity contribution in [2.75, 3.05) is 14.1 Å². The summed E-state index contributed by atoms with van der Waals surface area (Å²) >= 11 is 0. The highest BCUT2D eigenvalue weighted by molar-refractivity contribution is 5.21. The first-order valence-electron chi connectivity index (χ1n) is 7.76. The Balaban J connectivity index is 2.22. The Bertz CT molecular complexity index is 468. The van der Waals surface area contributed by atoms with Crippen LogP contribution in [0.15, 0.2) is 18.2 Å². The lowest BCUT2D eigenvalue weighted by Gasteiger charge is -2.43. The van der Waals surface area contributed by atoms with Gasteiger partial charge >= 0.3 is 0 Å². The lowest BCUT2D eigenvalue weighted by atomic mass is 9.80. The monoisotopic (exact) mass is 297 g/mol. The first kappa shape index (κ1) is 16.4. The summed E-state index contributed by atoms with van der Waals surface area (Å²) in [6.45, 7) is 0. The van der Waals surface area contributed by atoms with Crippen LogP contribution in [0.5, 0.6) is 0 Å². The van der Waals surface area contributed by atoms with Crippen molar-refractivity contribution in [3.63, 3.8) is 0 Å². The second kappa shape index (κ2) is 6.84. The van der Waals surface area contributed by atoms with E-state index in [4.69, 9.17) is 0 Å². The van der Waals surface area contributed by atoms with Crippen molar-refractivity contribution in [3.8, 4) is 0 Å². The second-order valence-corrected chi connectivity index (χ2v) is 6.35. The van der Waals surface area contributed by atoms with E-state index in [0.29, 0.717) is 0 Å². The van der Waals surface area contributed by atoms with Gasteiger partial charge in [-0.1, -0.05) is 37.8 Å². The highest BCUT2D eigenvalue weighted by atomic mass is 19.2. The molecule has 0 saturated heterocycles. The first-order chi connectivity index (χ1) is 9.97. The fourth-order valence-corrected chi connectivity index (χ4v) is 3.52. The summed E-state index contributed by atoms with van der Waals surface area (Å²) in [5, 5.41) is 10.8. The molecular formula is C17H25F2NO. The van der Waals surface area contributed by atoms with Gasteiger partial charge in [-0.3, -0.25) is 0 Å². The van der Waals surface area contributed by atoms with E-state index in [0.717, 1.165) is 31.7 Å². The molecule has 0 bridgehead atoms. The van der Waals surface area contributed by atoms with E-state index < -0.39 is 17.7 Å². The largest absolute Gasteiger partial charge is 0.391 e. The number of halogens is 2. The van der Waals surface area contributed by atoms with Crippen LogP contribution in [-0.2, 0) is 6.42 Å². The van der Waals surface area contributed by atoms with E-state index >= 15 is 0 Å². The van der Waals surface area contributed by atoms with Crippen molar-refractivity contribution >= 4 is 0 Å². The van der Waals surface area contributed by atoms with Crippen molar-refractivity contribution in [1.29, 1.82) is 0 Å². The van der Waals surface area contributed by atoms with Crippen molar-refractivity contribution < 1.29 is 13.9 Å². The van der Waals surface area contributed by atoms with Gasteiger partial charge < -0.3 is 10.0 Å². The standard InChI is InChI=1S/C17H25F2NO/c1-20(2)17(10-5-3-4-6-11-17)15(21)12-13-8-7-9-14(18)16(13)19/h7-9,15,21H,3-6,10-12H2,1-2H3. The minimum Gasteiger partial charge on any atom is -0.391 e. The molecule has 1 N–H and O–H groups in total. The van der Waals surface area contributed by atoms with Crippen LogP contribution in [0.4, 0.5) is 8.78 Å². The van der Waals surface area contributed by atoms with Crippen LogP contribution >= 0.6 is 0 Å². The number of benzene rings is 1. The van der Waals surface area contributed by atoms with Crippen LogP contribution < -0.4 is 0 Å². The number of hydrogen-bond acceptors (Lipinski definition) is 2. The summed E-state index contributed by atoms with van der Waals surface area (Å²) < 4.78 is 27.2. The van der Waals surface area contributed by atoms with Gasteiger partial charge in [-0.25, -0.2) is 8.78 Å². The molecule has 4 heteroatoms. The van der Waals surface area contributed by atoms with Crippen LogP contribution in [0.3, 0.4) is 0 Å². The molecule has 0 aliphatic heterocycles. The molecule has 0 heterocycles. The van der Waals surface area contributed by atoms with Crippen LogP contribution in [0.25, 0.3) is 0 Å². The highest BCUT2D eigenvalue weighted by Gasteiger charge is 2.40. The summed E-state index contributed by atoms with van der Waals surface area (Å²) in [6, 6.07) is 4.16. The molecule has 1 unspecified atom stereocenters. The Morgan fingerprint density at radius 2 is 1.76 bits per heavy atom. The van der Waals surface area contributed by atoms with Crippen molar-refractivity contribution in [1.82, 2.24) is 4.90 Å². The van der Waals surface area contributed by atoms with E-state index in [9.17, 15) is 13.9 Å². The molecule has 1 atom stereocenters. The number of aliphatic hydroxyl groups excluding tert-OH is 1. The zero-order valence-electron chi connectivity index (χ0n) is 12.9. The SMILES string of the molecule is CN(C)C1(C(O)Cc2cccc(F)c2F)CCCCCC1. The van der Waals surface area contributed by atoms with E-state index in [-0.39, 0.29) is 17.5 Å². The Morgan fingerprint density at radius 1 is 1.14 bits per heavy atom. The quantitative estimate of drug-likeness (QED) is 0.860. The van der Waals surface area contributed by atoms with E-state index in [2.05, 4.69) is 4.90 Å². The molecule has 0 aromatic heterocycles. The van der Waals surface area contributed by atoms with E-state index in [1.165, 1.54) is 18.9 Å². The van der Waals surface area contributed by atoms with Crippen LogP contribution in [0, 0.1) is 11.6 Å². The van der Waals surface area contributed by atoms with Gasteiger partial charge in [-0.05, 0) is 38.6 Å². The lowest BCUT2D eigenvalue weighted by molar-refractivity contribution is -0.0178. The molecule has 1 aromatic carbocycles. The summed E-state index contributed by atoms with van der Waals surface area (Å²) in [6.07, 6.45) is 5.76. The third-order valence-corrected chi connectivity index (χ3v) is 4.93. The number of likely N-dealkylation sites (N-methyl/N-ethyl adjacent to an activating group) is 1. The van der Waals surface area contributed by atoms with Gasteiger partial charge in [0.1, 0.15) is 0 Å². The van der Waals surface area contributed by atoms with Crippen LogP contribution in [-0.4, -0.2) is 35.7 Å². The van der Waals surface area contributed by atoms with E-state index in [1.54, 1.807) is 6.07 Å². The smallest absolute Gasteiger partial charge is 0.162 e. The number of aliphatic hydroxyl groups is 1. The predicted molar refractivity (Wildman–Crippen MR) is 80.2 cm³/mol. The van der Waals surface area contributed by atoms with Crippen LogP contribution in [0.1, 0.15) is 44.1 Å². The van der Waals surface area contributed by atoms with Gasteiger partial charge in [0.15, 0.2) is 11.6 Å². The van der Waals surface area contributed by atoms with Gasteiger partial charge in [0.2, 0.25) is 0 Å². The second-order valence-electron chi connectivity index (χ2n) is 6.35. The molecule has 21 heavy (non-hydrogen) atoms. The maximum Gasteiger partial charge on any atom is 0.162 e. The van der Waals surface area contributed by atoms with Gasteiger partial charge in [-0.15, -0.1) is 0 Å². The molecule has 0 amide bonds. The Kier molecular flexibility index (Phi) is 5.33.